The Labute approximate surface area is 215 Å². The van der Waals surface area contributed by atoms with Crippen LogP contribution in [0, 0.1) is 0 Å². The number of nitrogens with zero attached hydrogens (tertiary/aromatic N) is 5. The van der Waals surface area contributed by atoms with Crippen LogP contribution in [0.25, 0.3) is 15.6 Å². The SMILES string of the molecule is O=C1NC(=O)N(Cc2ccccc2)/C1=C/c1cc2sc(N=Nc3ccc(N4CCCC4)cc3)nc2s1. The van der Waals surface area contributed by atoms with Crippen LogP contribution < -0.4 is 10.2 Å². The number of carbonyl (C=O) groups excluding carboxylic acids is 2. The molecule has 2 saturated heterocycles. The zero-order valence-electron chi connectivity index (χ0n) is 19.3. The van der Waals surface area contributed by atoms with E-state index in [1.165, 1.54) is 46.1 Å². The van der Waals surface area contributed by atoms with Crippen molar-refractivity contribution in [3.8, 4) is 0 Å². The molecule has 10 heteroatoms. The van der Waals surface area contributed by atoms with Crippen LogP contribution in [0.3, 0.4) is 0 Å². The van der Waals surface area contributed by atoms with E-state index in [1.807, 2.05) is 48.5 Å². The molecule has 4 aromatic rings. The van der Waals surface area contributed by atoms with Gasteiger partial charge in [0.2, 0.25) is 5.13 Å². The van der Waals surface area contributed by atoms with E-state index < -0.39 is 11.9 Å². The van der Waals surface area contributed by atoms with Gasteiger partial charge in [-0.2, -0.15) is 0 Å². The second-order valence-corrected chi connectivity index (χ2v) is 10.7. The number of aromatic nitrogens is 1. The monoisotopic (exact) mass is 514 g/mol. The minimum absolute atomic E-state index is 0.325. The Hall–Kier alpha value is -3.89. The Morgan fingerprint density at radius 3 is 2.50 bits per heavy atom. The van der Waals surface area contributed by atoms with E-state index in [2.05, 4.69) is 37.6 Å². The van der Waals surface area contributed by atoms with Crippen LogP contribution in [-0.2, 0) is 11.3 Å². The number of carbonyl (C=O) groups is 2. The first kappa shape index (κ1) is 22.6. The first-order chi connectivity index (χ1) is 17.6. The second-order valence-electron chi connectivity index (χ2n) is 8.59. The lowest BCUT2D eigenvalue weighted by molar-refractivity contribution is -0.116. The van der Waals surface area contributed by atoms with Crippen LogP contribution in [0.2, 0.25) is 0 Å². The van der Waals surface area contributed by atoms with Crippen LogP contribution in [0.1, 0.15) is 23.3 Å². The van der Waals surface area contributed by atoms with Gasteiger partial charge in [0, 0.05) is 23.7 Å². The molecular weight excluding hydrogens is 492 g/mol. The third-order valence-electron chi connectivity index (χ3n) is 6.12. The molecule has 1 N–H and O–H groups in total. The average Bonchev–Trinajstić information content (AvgIpc) is 3.66. The highest BCUT2D eigenvalue weighted by Gasteiger charge is 2.33. The van der Waals surface area contributed by atoms with E-state index in [0.717, 1.165) is 38.7 Å². The van der Waals surface area contributed by atoms with Gasteiger partial charge in [-0.1, -0.05) is 41.7 Å². The van der Waals surface area contributed by atoms with Crippen molar-refractivity contribution in [1.29, 1.82) is 0 Å². The van der Waals surface area contributed by atoms with Crippen molar-refractivity contribution in [1.82, 2.24) is 15.2 Å². The summed E-state index contributed by atoms with van der Waals surface area (Å²) in [7, 11) is 0. The minimum Gasteiger partial charge on any atom is -0.372 e. The smallest absolute Gasteiger partial charge is 0.329 e. The molecule has 0 unspecified atom stereocenters. The fourth-order valence-electron chi connectivity index (χ4n) is 4.32. The number of thiophene rings is 1. The molecule has 180 valence electrons. The molecule has 2 aromatic carbocycles. The fourth-order valence-corrected chi connectivity index (χ4v) is 6.30. The maximum absolute atomic E-state index is 12.4. The number of thiazole rings is 1. The van der Waals surface area contributed by atoms with Crippen molar-refractivity contribution < 1.29 is 9.59 Å². The number of rotatable bonds is 6. The maximum atomic E-state index is 12.4. The van der Waals surface area contributed by atoms with Crippen molar-refractivity contribution in [2.24, 2.45) is 10.2 Å². The predicted octanol–water partition coefficient (Wildman–Crippen LogP) is 6.47. The molecule has 0 bridgehead atoms. The zero-order chi connectivity index (χ0) is 24.5. The van der Waals surface area contributed by atoms with Crippen LogP contribution in [0.4, 0.5) is 21.3 Å². The summed E-state index contributed by atoms with van der Waals surface area (Å²) in [6, 6.07) is 19.3. The third kappa shape index (κ3) is 4.65. The highest BCUT2D eigenvalue weighted by atomic mass is 32.1. The summed E-state index contributed by atoms with van der Waals surface area (Å²) in [5, 5.41) is 11.6. The van der Waals surface area contributed by atoms with Crippen LogP contribution in [0.15, 0.2) is 76.6 Å². The number of azo groups is 1. The molecule has 0 saturated carbocycles. The predicted molar refractivity (Wildman–Crippen MR) is 143 cm³/mol. The number of hydrogen-bond acceptors (Lipinski definition) is 8. The summed E-state index contributed by atoms with van der Waals surface area (Å²) in [4.78, 5) is 34.9. The van der Waals surface area contributed by atoms with Crippen molar-refractivity contribution >= 4 is 66.7 Å². The Balaban J connectivity index is 1.18. The van der Waals surface area contributed by atoms with Gasteiger partial charge in [0.25, 0.3) is 5.91 Å². The van der Waals surface area contributed by atoms with Gasteiger partial charge in [-0.05, 0) is 54.8 Å². The number of urea groups is 1. The molecule has 0 aliphatic carbocycles. The van der Waals surface area contributed by atoms with E-state index in [0.29, 0.717) is 17.4 Å². The van der Waals surface area contributed by atoms with Crippen molar-refractivity contribution in [2.75, 3.05) is 18.0 Å². The summed E-state index contributed by atoms with van der Waals surface area (Å²) < 4.78 is 0.963. The number of amides is 3. The first-order valence-electron chi connectivity index (χ1n) is 11.7. The highest BCUT2D eigenvalue weighted by molar-refractivity contribution is 7.29. The summed E-state index contributed by atoms with van der Waals surface area (Å²) in [5.41, 5.74) is 3.29. The summed E-state index contributed by atoms with van der Waals surface area (Å²) in [5.74, 6) is -0.397. The average molecular weight is 515 g/mol. The standard InChI is InChI=1S/C26H22N6O2S2/c33-23-21(32(26(34)27-23)16-17-6-2-1-3-7-17)14-20-15-22-24(35-20)28-25(36-22)30-29-18-8-10-19(11-9-18)31-12-4-5-13-31/h1-3,6-11,14-15H,4-5,12-13,16H2,(H,27,33,34)/b21-14+,30-29?. The van der Waals surface area contributed by atoms with Gasteiger partial charge < -0.3 is 4.90 Å². The van der Waals surface area contributed by atoms with Crippen molar-refractivity contribution in [2.45, 2.75) is 19.4 Å². The molecule has 2 fully saturated rings. The molecule has 0 radical (unpaired) electrons. The van der Waals surface area contributed by atoms with Gasteiger partial charge in [0.05, 0.1) is 16.9 Å². The van der Waals surface area contributed by atoms with Crippen molar-refractivity contribution in [3.05, 3.63) is 76.8 Å². The fraction of sp³-hybridized carbons (Fsp3) is 0.192. The molecule has 6 rings (SSSR count). The largest absolute Gasteiger partial charge is 0.372 e. The number of imide groups is 1. The van der Waals surface area contributed by atoms with Crippen molar-refractivity contribution in [3.63, 3.8) is 0 Å². The number of nitrogens with one attached hydrogen (secondary N) is 1. The van der Waals surface area contributed by atoms with Gasteiger partial charge in [-0.15, -0.1) is 21.6 Å². The molecule has 2 aliphatic rings. The molecule has 0 atom stereocenters. The minimum atomic E-state index is -0.414. The first-order valence-corrected chi connectivity index (χ1v) is 13.3. The summed E-state index contributed by atoms with van der Waals surface area (Å²) >= 11 is 2.90. The quantitative estimate of drug-likeness (QED) is 0.181. The molecule has 2 aliphatic heterocycles. The van der Waals surface area contributed by atoms with Crippen LogP contribution in [-0.4, -0.2) is 34.9 Å². The molecule has 36 heavy (non-hydrogen) atoms. The van der Waals surface area contributed by atoms with Gasteiger partial charge in [-0.25, -0.2) is 9.78 Å². The molecule has 0 spiro atoms. The van der Waals surface area contributed by atoms with E-state index in [9.17, 15) is 9.59 Å². The summed E-state index contributed by atoms with van der Waals surface area (Å²) in [6.45, 7) is 2.55. The highest BCUT2D eigenvalue weighted by Crippen LogP contribution is 2.36. The lowest BCUT2D eigenvalue weighted by atomic mass is 10.2. The maximum Gasteiger partial charge on any atom is 0.329 e. The summed E-state index contributed by atoms with van der Waals surface area (Å²) in [6.07, 6.45) is 4.24. The molecule has 2 aromatic heterocycles. The van der Waals surface area contributed by atoms with E-state index >= 15 is 0 Å². The second kappa shape index (κ2) is 9.63. The van der Waals surface area contributed by atoms with E-state index in [1.54, 1.807) is 6.08 Å². The molecule has 3 amide bonds. The number of fused-ring (bicyclic) bond motifs is 1. The topological polar surface area (TPSA) is 90.3 Å². The van der Waals surface area contributed by atoms with Gasteiger partial charge in [-0.3, -0.25) is 15.0 Å². The lowest BCUT2D eigenvalue weighted by Crippen LogP contribution is -2.27. The van der Waals surface area contributed by atoms with Crippen LogP contribution >= 0.6 is 22.7 Å². The molecular formula is C26H22N6O2S2. The number of anilines is 1. The molecule has 4 heterocycles. The van der Waals surface area contributed by atoms with Gasteiger partial charge in [0.15, 0.2) is 0 Å². The number of hydrogen-bond donors (Lipinski definition) is 1. The third-order valence-corrected chi connectivity index (χ3v) is 8.11. The van der Waals surface area contributed by atoms with Gasteiger partial charge in [0.1, 0.15) is 10.5 Å². The number of benzene rings is 2. The Morgan fingerprint density at radius 2 is 1.75 bits per heavy atom. The van der Waals surface area contributed by atoms with Crippen LogP contribution in [0.5, 0.6) is 0 Å². The molecule has 8 nitrogen and oxygen atoms in total. The normalized spacial score (nSPS) is 17.3. The Bertz CT molecular complexity index is 1450. The van der Waals surface area contributed by atoms with E-state index in [4.69, 9.17) is 0 Å². The van der Waals surface area contributed by atoms with Gasteiger partial charge >= 0.3 is 6.03 Å². The Morgan fingerprint density at radius 1 is 0.972 bits per heavy atom. The van der Waals surface area contributed by atoms with E-state index in [-0.39, 0.29) is 0 Å². The zero-order valence-corrected chi connectivity index (χ0v) is 20.9. The Kier molecular flexibility index (Phi) is 6.04. The lowest BCUT2D eigenvalue weighted by Gasteiger charge is -2.17.